The monoisotopic (exact) mass is 529 g/mol. The van der Waals surface area contributed by atoms with Crippen LogP contribution in [0.25, 0.3) is 34.2 Å². The highest BCUT2D eigenvalue weighted by Gasteiger charge is 2.22. The van der Waals surface area contributed by atoms with Gasteiger partial charge in [-0.3, -0.25) is 0 Å². The minimum atomic E-state index is -0.728. The van der Waals surface area contributed by atoms with Crippen LogP contribution in [0.15, 0.2) is 60.7 Å². The molecule has 0 spiro atoms. The minimum Gasteiger partial charge on any atom is -0.507 e. The van der Waals surface area contributed by atoms with Crippen molar-refractivity contribution in [1.82, 2.24) is 15.0 Å². The molecule has 39 heavy (non-hydrogen) atoms. The van der Waals surface area contributed by atoms with E-state index in [1.54, 1.807) is 36.4 Å². The topological polar surface area (TPSA) is 147 Å². The number of hydrogen-bond donors (Lipinski definition) is 1. The lowest BCUT2D eigenvalue weighted by Gasteiger charge is -2.13. The third-order valence-corrected chi connectivity index (χ3v) is 5.73. The van der Waals surface area contributed by atoms with Crippen molar-refractivity contribution in [3.05, 3.63) is 77.4 Å². The lowest BCUT2D eigenvalue weighted by Crippen LogP contribution is -2.10. The number of carbonyl (C=O) groups excluding carboxylic acids is 3. The zero-order chi connectivity index (χ0) is 28.1. The quantitative estimate of drug-likeness (QED) is 0.274. The van der Waals surface area contributed by atoms with Gasteiger partial charge in [0.15, 0.2) is 17.5 Å². The Hall–Kier alpha value is -5.32. The molecule has 0 atom stereocenters. The second-order valence-electron chi connectivity index (χ2n) is 8.00. The van der Waals surface area contributed by atoms with E-state index >= 15 is 0 Å². The molecule has 4 aromatic rings. The number of benzene rings is 3. The van der Waals surface area contributed by atoms with Crippen molar-refractivity contribution in [1.29, 1.82) is 0 Å². The first-order valence-electron chi connectivity index (χ1n) is 11.4. The molecule has 1 heterocycles. The molecule has 0 saturated heterocycles. The number of aromatic hydroxyl groups is 1. The highest BCUT2D eigenvalue weighted by atomic mass is 16.5. The van der Waals surface area contributed by atoms with E-state index in [0.29, 0.717) is 16.9 Å². The number of ether oxygens (including phenoxy) is 4. The summed E-state index contributed by atoms with van der Waals surface area (Å²) in [5.74, 6) is -1.24. The molecule has 1 aromatic heterocycles. The van der Waals surface area contributed by atoms with E-state index in [4.69, 9.17) is 18.9 Å². The molecular formula is C28H23N3O8. The summed E-state index contributed by atoms with van der Waals surface area (Å²) in [5.41, 5.74) is 1.52. The molecule has 0 unspecified atom stereocenters. The van der Waals surface area contributed by atoms with E-state index in [1.807, 2.05) is 0 Å². The van der Waals surface area contributed by atoms with E-state index in [9.17, 15) is 19.5 Å². The number of rotatable bonds is 7. The molecular weight excluding hydrogens is 506 g/mol. The molecule has 4 rings (SSSR count). The van der Waals surface area contributed by atoms with Gasteiger partial charge in [-0.15, -0.1) is 0 Å². The van der Waals surface area contributed by atoms with Gasteiger partial charge >= 0.3 is 17.9 Å². The standard InChI is InChI=1S/C28H23N3O8/c1-36-18-10-12-20(22(32)14-18)25-30-23(15-5-7-16(8-6-15)26(33)37-2)29-24(31-25)19-11-9-17(27(34)38-3)13-21(19)28(35)39-4/h5-14,32H,1-4H3. The van der Waals surface area contributed by atoms with Crippen molar-refractivity contribution in [3.63, 3.8) is 0 Å². The predicted molar refractivity (Wildman–Crippen MR) is 138 cm³/mol. The van der Waals surface area contributed by atoms with Gasteiger partial charge in [0, 0.05) is 17.2 Å². The highest BCUT2D eigenvalue weighted by molar-refractivity contribution is 6.00. The second kappa shape index (κ2) is 11.4. The number of nitrogens with zero attached hydrogens (tertiary/aromatic N) is 3. The third kappa shape index (κ3) is 5.52. The van der Waals surface area contributed by atoms with Gasteiger partial charge in [0.1, 0.15) is 11.5 Å². The Morgan fingerprint density at radius 3 is 1.74 bits per heavy atom. The van der Waals surface area contributed by atoms with Gasteiger partial charge in [-0.05, 0) is 42.5 Å². The van der Waals surface area contributed by atoms with Gasteiger partial charge in [0.2, 0.25) is 0 Å². The fourth-order valence-electron chi connectivity index (χ4n) is 3.71. The lowest BCUT2D eigenvalue weighted by atomic mass is 10.0. The van der Waals surface area contributed by atoms with E-state index in [0.717, 1.165) is 0 Å². The van der Waals surface area contributed by atoms with Gasteiger partial charge in [0.25, 0.3) is 0 Å². The van der Waals surface area contributed by atoms with Crippen molar-refractivity contribution >= 4 is 17.9 Å². The molecule has 3 aromatic carbocycles. The van der Waals surface area contributed by atoms with E-state index in [2.05, 4.69) is 15.0 Å². The first-order valence-corrected chi connectivity index (χ1v) is 11.4. The molecule has 0 fully saturated rings. The molecule has 1 N–H and O–H groups in total. The number of esters is 3. The molecule has 0 bridgehead atoms. The summed E-state index contributed by atoms with van der Waals surface area (Å²) in [4.78, 5) is 50.3. The number of hydrogen-bond acceptors (Lipinski definition) is 11. The summed E-state index contributed by atoms with van der Waals surface area (Å²) in [6.45, 7) is 0. The van der Waals surface area contributed by atoms with E-state index in [1.165, 1.54) is 52.7 Å². The predicted octanol–water partition coefficient (Wildman–Crippen LogP) is 3.95. The third-order valence-electron chi connectivity index (χ3n) is 5.73. The van der Waals surface area contributed by atoms with Crippen LogP contribution in [0.2, 0.25) is 0 Å². The van der Waals surface area contributed by atoms with Crippen LogP contribution in [0.1, 0.15) is 31.1 Å². The molecule has 0 radical (unpaired) electrons. The van der Waals surface area contributed by atoms with Crippen molar-refractivity contribution in [2.24, 2.45) is 0 Å². The van der Waals surface area contributed by atoms with E-state index < -0.39 is 17.9 Å². The first kappa shape index (κ1) is 26.7. The molecule has 0 amide bonds. The molecule has 198 valence electrons. The minimum absolute atomic E-state index is 0.0171. The van der Waals surface area contributed by atoms with Gasteiger partial charge in [-0.1, -0.05) is 12.1 Å². The molecule has 11 nitrogen and oxygen atoms in total. The van der Waals surface area contributed by atoms with Crippen molar-refractivity contribution in [3.8, 4) is 45.7 Å². The number of phenolic OH excluding ortho intramolecular Hbond substituents is 1. The average molecular weight is 530 g/mol. The van der Waals surface area contributed by atoms with Crippen LogP contribution in [0, 0.1) is 0 Å². The fourth-order valence-corrected chi connectivity index (χ4v) is 3.71. The molecule has 0 aliphatic heterocycles. The zero-order valence-corrected chi connectivity index (χ0v) is 21.4. The lowest BCUT2D eigenvalue weighted by molar-refractivity contribution is 0.0587. The van der Waals surface area contributed by atoms with Crippen molar-refractivity contribution < 1.29 is 38.4 Å². The van der Waals surface area contributed by atoms with Crippen LogP contribution in [-0.2, 0) is 14.2 Å². The Bertz CT molecular complexity index is 1570. The van der Waals surface area contributed by atoms with Crippen LogP contribution in [0.5, 0.6) is 11.5 Å². The Labute approximate surface area is 223 Å². The maximum absolute atomic E-state index is 12.7. The van der Waals surface area contributed by atoms with Gasteiger partial charge in [-0.2, -0.15) is 0 Å². The average Bonchev–Trinajstić information content (AvgIpc) is 2.99. The number of phenols is 1. The first-order chi connectivity index (χ1) is 18.8. The summed E-state index contributed by atoms with van der Waals surface area (Å²) in [5, 5.41) is 10.7. The number of methoxy groups -OCH3 is 4. The molecule has 0 saturated carbocycles. The maximum Gasteiger partial charge on any atom is 0.338 e. The summed E-state index contributed by atoms with van der Waals surface area (Å²) < 4.78 is 19.6. The van der Waals surface area contributed by atoms with Crippen LogP contribution in [0.3, 0.4) is 0 Å². The Kier molecular flexibility index (Phi) is 7.80. The van der Waals surface area contributed by atoms with Crippen LogP contribution >= 0.6 is 0 Å². The molecule has 0 aliphatic rings. The van der Waals surface area contributed by atoms with Crippen molar-refractivity contribution in [2.75, 3.05) is 28.4 Å². The summed E-state index contributed by atoms with van der Waals surface area (Å²) in [6.07, 6.45) is 0. The second-order valence-corrected chi connectivity index (χ2v) is 8.00. The van der Waals surface area contributed by atoms with Gasteiger partial charge in [0.05, 0.1) is 50.7 Å². The smallest absolute Gasteiger partial charge is 0.338 e. The fraction of sp³-hybridized carbons (Fsp3) is 0.143. The zero-order valence-electron chi connectivity index (χ0n) is 21.4. The largest absolute Gasteiger partial charge is 0.507 e. The summed E-state index contributed by atoms with van der Waals surface area (Å²) >= 11 is 0. The van der Waals surface area contributed by atoms with E-state index in [-0.39, 0.29) is 45.5 Å². The Balaban J connectivity index is 1.95. The SMILES string of the molecule is COC(=O)c1ccc(-c2nc(-c3ccc(OC)cc3O)nc(-c3ccc(C(=O)OC)cc3C(=O)OC)n2)cc1. The highest BCUT2D eigenvalue weighted by Crippen LogP contribution is 2.33. The summed E-state index contributed by atoms with van der Waals surface area (Å²) in [7, 11) is 5.19. The Morgan fingerprint density at radius 1 is 0.615 bits per heavy atom. The normalized spacial score (nSPS) is 10.5. The summed E-state index contributed by atoms with van der Waals surface area (Å²) in [6, 6.07) is 15.3. The maximum atomic E-state index is 12.7. The van der Waals surface area contributed by atoms with Crippen LogP contribution in [0.4, 0.5) is 0 Å². The van der Waals surface area contributed by atoms with Crippen LogP contribution in [-0.4, -0.2) is 66.4 Å². The van der Waals surface area contributed by atoms with Crippen LogP contribution < -0.4 is 4.74 Å². The van der Waals surface area contributed by atoms with Gasteiger partial charge < -0.3 is 24.1 Å². The van der Waals surface area contributed by atoms with Crippen molar-refractivity contribution in [2.45, 2.75) is 0 Å². The number of aromatic nitrogens is 3. The molecule has 11 heteroatoms. The molecule has 0 aliphatic carbocycles. The Morgan fingerprint density at radius 2 is 1.15 bits per heavy atom. The number of carbonyl (C=O) groups is 3. The van der Waals surface area contributed by atoms with Gasteiger partial charge in [-0.25, -0.2) is 29.3 Å².